The third-order valence-corrected chi connectivity index (χ3v) is 5.91. The van der Waals surface area contributed by atoms with Crippen molar-refractivity contribution < 1.29 is 40.0 Å². The van der Waals surface area contributed by atoms with Gasteiger partial charge in [0.1, 0.15) is 5.60 Å². The number of aromatic nitrogens is 1. The summed E-state index contributed by atoms with van der Waals surface area (Å²) in [4.78, 5) is 12.2. The molecule has 0 radical (unpaired) electrons. The first-order chi connectivity index (χ1) is 16.1. The van der Waals surface area contributed by atoms with E-state index in [4.69, 9.17) is 9.47 Å². The van der Waals surface area contributed by atoms with Crippen molar-refractivity contribution in [1.29, 1.82) is 0 Å². The van der Waals surface area contributed by atoms with Crippen LogP contribution in [0.5, 0.6) is 11.5 Å². The van der Waals surface area contributed by atoms with Crippen molar-refractivity contribution in [3.8, 4) is 11.5 Å². The number of benzene rings is 1. The second kappa shape index (κ2) is 12.5. The maximum atomic E-state index is 12.6. The summed E-state index contributed by atoms with van der Waals surface area (Å²) in [6.45, 7) is 11.3. The molecule has 200 valence electrons. The summed E-state index contributed by atoms with van der Waals surface area (Å²) in [5, 5.41) is 0.407. The molecule has 0 spiro atoms. The normalized spacial score (nSPS) is 14.8. The topological polar surface area (TPSA) is 83.8 Å². The number of ether oxygens (including phenoxy) is 2. The summed E-state index contributed by atoms with van der Waals surface area (Å²) >= 11 is 0. The lowest BCUT2D eigenvalue weighted by Gasteiger charge is -2.20. The number of fused-ring (bicyclic) bond motifs is 1. The molecule has 7 nitrogen and oxygen atoms in total. The monoisotopic (exact) mass is 523 g/mol. The third-order valence-electron chi connectivity index (χ3n) is 4.94. The largest absolute Gasteiger partial charge is 0.534 e. The number of methoxy groups -OCH3 is 1. The highest BCUT2D eigenvalue weighted by atomic mass is 32.2. The van der Waals surface area contributed by atoms with Crippen LogP contribution in [-0.2, 0) is 14.9 Å². The average molecular weight is 524 g/mol. The zero-order valence-corrected chi connectivity index (χ0v) is 22.2. The van der Waals surface area contributed by atoms with Gasteiger partial charge in [-0.1, -0.05) is 52.9 Å². The van der Waals surface area contributed by atoms with Crippen molar-refractivity contribution in [2.45, 2.75) is 84.8 Å². The van der Waals surface area contributed by atoms with E-state index in [-0.39, 0.29) is 11.3 Å². The minimum Gasteiger partial charge on any atom is -0.493 e. The molecule has 0 atom stereocenters. The van der Waals surface area contributed by atoms with E-state index in [0.717, 1.165) is 23.7 Å². The minimum absolute atomic E-state index is 0.0902. The van der Waals surface area contributed by atoms with E-state index in [9.17, 15) is 26.4 Å². The Labute approximate surface area is 205 Å². The summed E-state index contributed by atoms with van der Waals surface area (Å²) in [6.07, 6.45) is 7.98. The first-order valence-corrected chi connectivity index (χ1v) is 13.0. The molecular weight excluding hydrogens is 487 g/mol. The second-order valence-electron chi connectivity index (χ2n) is 8.95. The summed E-state index contributed by atoms with van der Waals surface area (Å²) < 4.78 is 75.5. The van der Waals surface area contributed by atoms with Crippen LogP contribution in [-0.4, -0.2) is 37.3 Å². The number of nitrogens with zero attached hydrogens (tertiary/aromatic N) is 1. The van der Waals surface area contributed by atoms with E-state index in [1.165, 1.54) is 50.4 Å². The van der Waals surface area contributed by atoms with Crippen molar-refractivity contribution in [3.05, 3.63) is 24.4 Å². The van der Waals surface area contributed by atoms with Gasteiger partial charge < -0.3 is 13.7 Å². The predicted octanol–water partition coefficient (Wildman–Crippen LogP) is 7.27. The van der Waals surface area contributed by atoms with Crippen molar-refractivity contribution in [1.82, 2.24) is 4.57 Å². The molecule has 1 aliphatic carbocycles. The van der Waals surface area contributed by atoms with E-state index in [0.29, 0.717) is 5.39 Å². The van der Waals surface area contributed by atoms with Gasteiger partial charge in [0, 0.05) is 17.6 Å². The number of alkyl halides is 3. The van der Waals surface area contributed by atoms with Crippen LogP contribution < -0.4 is 8.92 Å². The molecule has 1 saturated carbocycles. The lowest BCUT2D eigenvalue weighted by atomic mass is 9.91. The molecule has 1 fully saturated rings. The van der Waals surface area contributed by atoms with Crippen LogP contribution in [0.3, 0.4) is 0 Å². The zero-order valence-electron chi connectivity index (χ0n) is 21.4. The van der Waals surface area contributed by atoms with Gasteiger partial charge in [-0.05, 0) is 38.8 Å². The maximum Gasteiger partial charge on any atom is 0.534 e. The molecule has 0 aliphatic heterocycles. The Hall–Kier alpha value is -2.43. The van der Waals surface area contributed by atoms with Crippen LogP contribution in [0.15, 0.2) is 24.4 Å². The van der Waals surface area contributed by atoms with Crippen LogP contribution in [0.4, 0.5) is 18.0 Å². The molecule has 1 aliphatic rings. The number of halogens is 3. The van der Waals surface area contributed by atoms with Gasteiger partial charge in [-0.15, -0.1) is 0 Å². The molecule has 3 rings (SSSR count). The van der Waals surface area contributed by atoms with E-state index in [1.54, 1.807) is 20.8 Å². The molecule has 35 heavy (non-hydrogen) atoms. The molecule has 1 heterocycles. The summed E-state index contributed by atoms with van der Waals surface area (Å²) in [7, 11) is -4.76. The van der Waals surface area contributed by atoms with Gasteiger partial charge in [0.05, 0.1) is 12.6 Å². The van der Waals surface area contributed by atoms with Gasteiger partial charge in [0.25, 0.3) is 0 Å². The van der Waals surface area contributed by atoms with Crippen LogP contribution in [0, 0.1) is 5.92 Å². The Balaban J connectivity index is 0.000000574. The fraction of sp³-hybridized carbons (Fsp3) is 0.625. The SMILES string of the molecule is CC.CC1CCCCC1.COc1cc2ccn(C(=O)OC(C)(C)C)c2cc1OS(=O)(=O)C(F)(F)F. The number of carbonyl (C=O) groups is 1. The minimum atomic E-state index is -5.90. The fourth-order valence-corrected chi connectivity index (χ4v) is 3.77. The van der Waals surface area contributed by atoms with E-state index in [2.05, 4.69) is 11.1 Å². The highest BCUT2D eigenvalue weighted by Gasteiger charge is 2.49. The summed E-state index contributed by atoms with van der Waals surface area (Å²) in [5.74, 6) is 0.0850. The second-order valence-corrected chi connectivity index (χ2v) is 10.5. The van der Waals surface area contributed by atoms with Crippen LogP contribution in [0.2, 0.25) is 0 Å². The maximum absolute atomic E-state index is 12.6. The van der Waals surface area contributed by atoms with Crippen LogP contribution >= 0.6 is 0 Å². The van der Waals surface area contributed by atoms with Crippen LogP contribution in [0.25, 0.3) is 10.9 Å². The first-order valence-electron chi connectivity index (χ1n) is 11.6. The van der Waals surface area contributed by atoms with Crippen LogP contribution in [0.1, 0.15) is 73.6 Å². The Kier molecular flexibility index (Phi) is 10.9. The number of carbonyl (C=O) groups excluding carboxylic acids is 1. The van der Waals surface area contributed by atoms with Gasteiger partial charge in [-0.2, -0.15) is 21.6 Å². The molecule has 0 amide bonds. The fourth-order valence-electron chi connectivity index (χ4n) is 3.31. The average Bonchev–Trinajstić information content (AvgIpc) is 3.16. The molecule has 2 aromatic rings. The molecule has 1 aromatic carbocycles. The molecule has 1 aromatic heterocycles. The van der Waals surface area contributed by atoms with Crippen molar-refractivity contribution in [3.63, 3.8) is 0 Å². The Morgan fingerprint density at radius 1 is 1.03 bits per heavy atom. The summed E-state index contributed by atoms with van der Waals surface area (Å²) in [6, 6.07) is 3.70. The van der Waals surface area contributed by atoms with E-state index < -0.39 is 33.1 Å². The van der Waals surface area contributed by atoms with Gasteiger partial charge in [0.2, 0.25) is 0 Å². The number of hydrogen-bond donors (Lipinski definition) is 0. The van der Waals surface area contributed by atoms with Crippen molar-refractivity contribution in [2.24, 2.45) is 5.92 Å². The van der Waals surface area contributed by atoms with Gasteiger partial charge in [-0.25, -0.2) is 4.79 Å². The number of hydrogen-bond acceptors (Lipinski definition) is 6. The quantitative estimate of drug-likeness (QED) is 0.311. The number of rotatable bonds is 3. The smallest absolute Gasteiger partial charge is 0.493 e. The van der Waals surface area contributed by atoms with Gasteiger partial charge in [-0.3, -0.25) is 4.57 Å². The van der Waals surface area contributed by atoms with Crippen molar-refractivity contribution >= 4 is 27.1 Å². The Morgan fingerprint density at radius 3 is 2.03 bits per heavy atom. The molecule has 0 saturated heterocycles. The van der Waals surface area contributed by atoms with Gasteiger partial charge >= 0.3 is 21.7 Å². The molecule has 0 unspecified atom stereocenters. The lowest BCUT2D eigenvalue weighted by Crippen LogP contribution is -2.28. The zero-order chi connectivity index (χ0) is 27.0. The highest BCUT2D eigenvalue weighted by molar-refractivity contribution is 7.88. The molecule has 0 bridgehead atoms. The molecule has 11 heteroatoms. The highest BCUT2D eigenvalue weighted by Crippen LogP contribution is 2.36. The lowest BCUT2D eigenvalue weighted by molar-refractivity contribution is -0.0500. The Morgan fingerprint density at radius 2 is 1.60 bits per heavy atom. The molecular formula is C24H36F3NO6S. The van der Waals surface area contributed by atoms with E-state index >= 15 is 0 Å². The third kappa shape index (κ3) is 8.94. The van der Waals surface area contributed by atoms with Gasteiger partial charge in [0.15, 0.2) is 11.5 Å². The predicted molar refractivity (Wildman–Crippen MR) is 129 cm³/mol. The first kappa shape index (κ1) is 30.6. The summed E-state index contributed by atoms with van der Waals surface area (Å²) in [5.41, 5.74) is -6.33. The van der Waals surface area contributed by atoms with Crippen molar-refractivity contribution in [2.75, 3.05) is 7.11 Å². The Bertz CT molecular complexity index is 1070. The molecule has 0 N–H and O–H groups in total. The van der Waals surface area contributed by atoms with E-state index in [1.807, 2.05) is 13.8 Å². The standard InChI is InChI=1S/C15H16F3NO6S.C7H14.C2H6/c1-14(2,3)24-13(20)19-6-5-9-7-11(23-4)12(8-10(9)19)25-26(21,22)15(16,17)18;1-7-5-3-2-4-6-7;1-2/h5-8H,1-4H3;7H,2-6H2,1H3;1-2H3.